The zero-order valence-electron chi connectivity index (χ0n) is 17.3. The quantitative estimate of drug-likeness (QED) is 0.770. The first-order chi connectivity index (χ1) is 13.1. The molecule has 0 radical (unpaired) electrons. The molecule has 5 heteroatoms. The molecule has 1 atom stereocenters. The van der Waals surface area contributed by atoms with E-state index in [1.54, 1.807) is 0 Å². The molecule has 0 saturated carbocycles. The van der Waals surface area contributed by atoms with Crippen molar-refractivity contribution in [3.05, 3.63) is 30.1 Å². The van der Waals surface area contributed by atoms with Gasteiger partial charge in [0, 0.05) is 44.1 Å². The van der Waals surface area contributed by atoms with Gasteiger partial charge in [-0.1, -0.05) is 0 Å². The van der Waals surface area contributed by atoms with Crippen molar-refractivity contribution in [2.75, 3.05) is 32.7 Å². The van der Waals surface area contributed by atoms with Crippen LogP contribution in [-0.2, 0) is 11.3 Å². The Hall–Kier alpha value is -1.46. The van der Waals surface area contributed by atoms with E-state index in [2.05, 4.69) is 47.7 Å². The molecule has 5 nitrogen and oxygen atoms in total. The maximum atomic E-state index is 12.9. The van der Waals surface area contributed by atoms with E-state index in [9.17, 15) is 4.79 Å². The Bertz CT molecular complexity index is 583. The van der Waals surface area contributed by atoms with Crippen LogP contribution in [0.3, 0.4) is 0 Å². The molecule has 27 heavy (non-hydrogen) atoms. The van der Waals surface area contributed by atoms with Gasteiger partial charge < -0.3 is 4.90 Å². The number of carbonyl (C=O) groups excluding carboxylic acids is 1. The van der Waals surface area contributed by atoms with Gasteiger partial charge in [-0.25, -0.2) is 0 Å². The smallest absolute Gasteiger partial charge is 0.227 e. The second-order valence-electron chi connectivity index (χ2n) is 8.41. The Labute approximate surface area is 164 Å². The van der Waals surface area contributed by atoms with Gasteiger partial charge in [0.25, 0.3) is 0 Å². The van der Waals surface area contributed by atoms with Gasteiger partial charge >= 0.3 is 0 Å². The van der Waals surface area contributed by atoms with E-state index < -0.39 is 0 Å². The molecule has 2 saturated heterocycles. The molecule has 2 fully saturated rings. The second kappa shape index (κ2) is 9.65. The van der Waals surface area contributed by atoms with Crippen molar-refractivity contribution in [1.82, 2.24) is 19.7 Å². The van der Waals surface area contributed by atoms with Crippen LogP contribution in [0.4, 0.5) is 0 Å². The number of hydrogen-bond acceptors (Lipinski definition) is 4. The molecule has 2 aliphatic rings. The standard InChI is InChI=1S/C22H36N4O/c1-4-26(18(2)3)22(27)20-6-5-13-25(17-20)21-9-14-24(15-10-21)16-19-7-11-23-12-8-19/h7-8,11-12,18,20-21H,4-6,9-10,13-17H2,1-3H3/t20-/m1/s1. The average Bonchev–Trinajstić information content (AvgIpc) is 2.69. The first kappa shape index (κ1) is 20.3. The van der Waals surface area contributed by atoms with Crippen molar-refractivity contribution in [2.24, 2.45) is 5.92 Å². The zero-order valence-corrected chi connectivity index (χ0v) is 17.3. The van der Waals surface area contributed by atoms with Crippen molar-refractivity contribution in [1.29, 1.82) is 0 Å². The molecular formula is C22H36N4O. The van der Waals surface area contributed by atoms with Gasteiger partial charge in [-0.2, -0.15) is 0 Å². The maximum absolute atomic E-state index is 12.9. The molecule has 0 aromatic carbocycles. The number of pyridine rings is 1. The molecule has 0 spiro atoms. The lowest BCUT2D eigenvalue weighted by Crippen LogP contribution is -2.52. The van der Waals surface area contributed by atoms with Gasteiger partial charge in [0.2, 0.25) is 5.91 Å². The van der Waals surface area contributed by atoms with Gasteiger partial charge in [0.1, 0.15) is 0 Å². The largest absolute Gasteiger partial charge is 0.340 e. The zero-order chi connectivity index (χ0) is 19.2. The summed E-state index contributed by atoms with van der Waals surface area (Å²) in [5.41, 5.74) is 1.35. The summed E-state index contributed by atoms with van der Waals surface area (Å²) in [7, 11) is 0. The van der Waals surface area contributed by atoms with E-state index in [1.165, 1.54) is 18.4 Å². The van der Waals surface area contributed by atoms with Crippen LogP contribution in [0.15, 0.2) is 24.5 Å². The number of carbonyl (C=O) groups is 1. The monoisotopic (exact) mass is 372 g/mol. The molecule has 0 aliphatic carbocycles. The van der Waals surface area contributed by atoms with Crippen LogP contribution in [-0.4, -0.2) is 70.4 Å². The van der Waals surface area contributed by atoms with Crippen LogP contribution in [0, 0.1) is 5.92 Å². The van der Waals surface area contributed by atoms with Crippen molar-refractivity contribution < 1.29 is 4.79 Å². The minimum atomic E-state index is 0.191. The Morgan fingerprint density at radius 2 is 1.89 bits per heavy atom. The number of piperidine rings is 2. The maximum Gasteiger partial charge on any atom is 0.227 e. The van der Waals surface area contributed by atoms with Crippen molar-refractivity contribution in [2.45, 2.75) is 65.1 Å². The molecular weight excluding hydrogens is 336 g/mol. The fourth-order valence-corrected chi connectivity index (χ4v) is 4.74. The lowest BCUT2D eigenvalue weighted by molar-refractivity contribution is -0.139. The fourth-order valence-electron chi connectivity index (χ4n) is 4.74. The summed E-state index contributed by atoms with van der Waals surface area (Å²) in [5.74, 6) is 0.559. The van der Waals surface area contributed by atoms with E-state index in [-0.39, 0.29) is 5.92 Å². The van der Waals surface area contributed by atoms with Gasteiger partial charge in [0.15, 0.2) is 0 Å². The van der Waals surface area contributed by atoms with Crippen LogP contribution >= 0.6 is 0 Å². The highest BCUT2D eigenvalue weighted by molar-refractivity contribution is 5.79. The number of aromatic nitrogens is 1. The Balaban J connectivity index is 1.50. The molecule has 1 amide bonds. The predicted octanol–water partition coefficient (Wildman–Crippen LogP) is 3.01. The molecule has 1 aromatic rings. The van der Waals surface area contributed by atoms with Gasteiger partial charge in [-0.15, -0.1) is 0 Å². The predicted molar refractivity (Wildman–Crippen MR) is 109 cm³/mol. The summed E-state index contributed by atoms with van der Waals surface area (Å²) >= 11 is 0. The van der Waals surface area contributed by atoms with Crippen LogP contribution in [0.5, 0.6) is 0 Å². The highest BCUT2D eigenvalue weighted by Gasteiger charge is 2.33. The number of nitrogens with zero attached hydrogens (tertiary/aromatic N) is 4. The van der Waals surface area contributed by atoms with Crippen LogP contribution in [0.1, 0.15) is 52.0 Å². The third-order valence-electron chi connectivity index (χ3n) is 6.28. The number of likely N-dealkylation sites (tertiary alicyclic amines) is 2. The van der Waals surface area contributed by atoms with Gasteiger partial charge in [-0.05, 0) is 83.8 Å². The van der Waals surface area contributed by atoms with Crippen molar-refractivity contribution in [3.63, 3.8) is 0 Å². The van der Waals surface area contributed by atoms with E-state index in [1.807, 2.05) is 17.3 Å². The molecule has 0 unspecified atom stereocenters. The normalized spacial score (nSPS) is 22.9. The minimum absolute atomic E-state index is 0.191. The summed E-state index contributed by atoms with van der Waals surface area (Å²) in [4.78, 5) is 24.3. The Morgan fingerprint density at radius 1 is 1.19 bits per heavy atom. The molecule has 1 aromatic heterocycles. The average molecular weight is 373 g/mol. The van der Waals surface area contributed by atoms with E-state index in [0.717, 1.165) is 52.1 Å². The first-order valence-corrected chi connectivity index (χ1v) is 10.7. The lowest BCUT2D eigenvalue weighted by atomic mass is 9.92. The lowest BCUT2D eigenvalue weighted by Gasteiger charge is -2.43. The van der Waals surface area contributed by atoms with E-state index >= 15 is 0 Å². The summed E-state index contributed by atoms with van der Waals surface area (Å²) in [6.45, 7) is 12.6. The number of hydrogen-bond donors (Lipinski definition) is 0. The van der Waals surface area contributed by atoms with Crippen molar-refractivity contribution >= 4 is 5.91 Å². The third-order valence-corrected chi connectivity index (χ3v) is 6.28. The van der Waals surface area contributed by atoms with E-state index in [4.69, 9.17) is 0 Å². The van der Waals surface area contributed by atoms with Crippen LogP contribution < -0.4 is 0 Å². The second-order valence-corrected chi connectivity index (χ2v) is 8.41. The molecule has 150 valence electrons. The van der Waals surface area contributed by atoms with Crippen LogP contribution in [0.2, 0.25) is 0 Å². The third kappa shape index (κ3) is 5.29. The van der Waals surface area contributed by atoms with Crippen LogP contribution in [0.25, 0.3) is 0 Å². The molecule has 3 rings (SSSR count). The summed E-state index contributed by atoms with van der Waals surface area (Å²) in [5, 5.41) is 0. The SMILES string of the molecule is CCN(C(=O)[C@@H]1CCCN(C2CCN(Cc3ccncc3)CC2)C1)C(C)C. The first-order valence-electron chi connectivity index (χ1n) is 10.7. The Morgan fingerprint density at radius 3 is 2.52 bits per heavy atom. The Kier molecular flexibility index (Phi) is 7.25. The summed E-state index contributed by atoms with van der Waals surface area (Å²) < 4.78 is 0. The molecule has 0 bridgehead atoms. The summed E-state index contributed by atoms with van der Waals surface area (Å²) in [6.07, 6.45) is 8.40. The fraction of sp³-hybridized carbons (Fsp3) is 0.727. The highest BCUT2D eigenvalue weighted by atomic mass is 16.2. The van der Waals surface area contributed by atoms with Gasteiger partial charge in [0.05, 0.1) is 5.92 Å². The van der Waals surface area contributed by atoms with E-state index in [0.29, 0.717) is 18.0 Å². The number of rotatable bonds is 6. The molecule has 3 heterocycles. The molecule has 0 N–H and O–H groups in total. The van der Waals surface area contributed by atoms with Gasteiger partial charge in [-0.3, -0.25) is 19.6 Å². The minimum Gasteiger partial charge on any atom is -0.340 e. The topological polar surface area (TPSA) is 39.7 Å². The highest BCUT2D eigenvalue weighted by Crippen LogP contribution is 2.26. The molecule has 2 aliphatic heterocycles. The summed E-state index contributed by atoms with van der Waals surface area (Å²) in [6, 6.07) is 5.17. The van der Waals surface area contributed by atoms with Crippen molar-refractivity contribution in [3.8, 4) is 0 Å². The number of amides is 1.